The van der Waals surface area contributed by atoms with Crippen molar-refractivity contribution in [2.45, 2.75) is 19.0 Å². The summed E-state index contributed by atoms with van der Waals surface area (Å²) in [5, 5.41) is 0. The zero-order valence-electron chi connectivity index (χ0n) is 10.6. The van der Waals surface area contributed by atoms with E-state index in [-0.39, 0.29) is 0 Å². The fourth-order valence-electron chi connectivity index (χ4n) is 2.63. The van der Waals surface area contributed by atoms with Gasteiger partial charge in [0, 0.05) is 5.70 Å². The number of hydrogen-bond acceptors (Lipinski definition) is 1. The van der Waals surface area contributed by atoms with E-state index in [1.165, 1.54) is 11.1 Å². The molecule has 0 aliphatic carbocycles. The van der Waals surface area contributed by atoms with Gasteiger partial charge in [0.2, 0.25) is 0 Å². The molecule has 0 saturated carbocycles. The summed E-state index contributed by atoms with van der Waals surface area (Å²) in [6, 6.07) is 22.1. The van der Waals surface area contributed by atoms with E-state index in [0.29, 0.717) is 12.1 Å². The Morgan fingerprint density at radius 3 is 2.11 bits per heavy atom. The minimum absolute atomic E-state index is 0.485. The average molecular weight is 235 g/mol. The van der Waals surface area contributed by atoms with Gasteiger partial charge in [-0.1, -0.05) is 67.2 Å². The Morgan fingerprint density at radius 1 is 0.944 bits per heavy atom. The molecule has 0 amide bonds. The number of nitrogens with zero attached hydrogens (tertiary/aromatic N) is 1. The Morgan fingerprint density at radius 2 is 1.50 bits per heavy atom. The second-order valence-electron chi connectivity index (χ2n) is 4.82. The molecule has 2 aromatic carbocycles. The van der Waals surface area contributed by atoms with Gasteiger partial charge in [-0.3, -0.25) is 0 Å². The number of hydrogen-bond donors (Lipinski definition) is 0. The maximum atomic E-state index is 4.24. The second-order valence-corrected chi connectivity index (χ2v) is 4.82. The Labute approximate surface area is 108 Å². The molecule has 0 radical (unpaired) electrons. The molecular formula is C17H17N. The lowest BCUT2D eigenvalue weighted by Gasteiger charge is -2.10. The third-order valence-corrected chi connectivity index (χ3v) is 3.67. The van der Waals surface area contributed by atoms with Crippen molar-refractivity contribution in [3.8, 4) is 0 Å². The molecule has 1 fully saturated rings. The molecule has 0 bridgehead atoms. The third-order valence-electron chi connectivity index (χ3n) is 3.67. The zero-order chi connectivity index (χ0) is 12.5. The van der Waals surface area contributed by atoms with E-state index in [0.717, 1.165) is 5.70 Å². The van der Waals surface area contributed by atoms with Crippen LogP contribution < -0.4 is 0 Å². The monoisotopic (exact) mass is 235 g/mol. The van der Waals surface area contributed by atoms with E-state index in [4.69, 9.17) is 0 Å². The van der Waals surface area contributed by atoms with E-state index >= 15 is 0 Å². The van der Waals surface area contributed by atoms with Gasteiger partial charge in [-0.15, -0.1) is 0 Å². The van der Waals surface area contributed by atoms with Crippen LogP contribution in [0.15, 0.2) is 67.2 Å². The maximum absolute atomic E-state index is 4.24. The van der Waals surface area contributed by atoms with Crippen molar-refractivity contribution in [2.75, 3.05) is 0 Å². The molecule has 2 atom stereocenters. The summed E-state index contributed by atoms with van der Waals surface area (Å²) in [5.41, 5.74) is 3.71. The maximum Gasteiger partial charge on any atom is 0.0747 e. The summed E-state index contributed by atoms with van der Waals surface area (Å²) >= 11 is 0. The summed E-state index contributed by atoms with van der Waals surface area (Å²) in [5.74, 6) is 0. The highest BCUT2D eigenvalue weighted by Crippen LogP contribution is 2.48. The van der Waals surface area contributed by atoms with Crippen LogP contribution in [0.5, 0.6) is 0 Å². The van der Waals surface area contributed by atoms with Crippen molar-refractivity contribution in [1.82, 2.24) is 4.90 Å². The predicted octanol–water partition coefficient (Wildman–Crippen LogP) is 4.10. The van der Waals surface area contributed by atoms with Crippen molar-refractivity contribution >= 4 is 5.70 Å². The topological polar surface area (TPSA) is 3.01 Å². The molecular weight excluding hydrogens is 218 g/mol. The van der Waals surface area contributed by atoms with Crippen LogP contribution in [0.1, 0.15) is 24.1 Å². The molecule has 1 saturated heterocycles. The summed E-state index contributed by atoms with van der Waals surface area (Å²) in [6.07, 6.45) is 0. The largest absolute Gasteiger partial charge is 0.357 e. The molecule has 1 heteroatoms. The van der Waals surface area contributed by atoms with E-state index in [1.54, 1.807) is 0 Å². The lowest BCUT2D eigenvalue weighted by molar-refractivity contribution is 0.694. The highest BCUT2D eigenvalue weighted by atomic mass is 15.4. The van der Waals surface area contributed by atoms with Crippen LogP contribution in [0.3, 0.4) is 0 Å². The Hall–Kier alpha value is -2.02. The van der Waals surface area contributed by atoms with Crippen LogP contribution in [0, 0.1) is 0 Å². The summed E-state index contributed by atoms with van der Waals surface area (Å²) in [6.45, 7) is 6.49. The molecule has 3 rings (SSSR count). The van der Waals surface area contributed by atoms with Gasteiger partial charge < -0.3 is 4.90 Å². The first-order valence-corrected chi connectivity index (χ1v) is 6.36. The minimum atomic E-state index is 0.485. The van der Waals surface area contributed by atoms with Crippen molar-refractivity contribution in [3.05, 3.63) is 78.4 Å². The van der Waals surface area contributed by atoms with Crippen molar-refractivity contribution < 1.29 is 0 Å². The molecule has 90 valence electrons. The van der Waals surface area contributed by atoms with Crippen LogP contribution in [-0.4, -0.2) is 10.9 Å². The van der Waals surface area contributed by atoms with Crippen molar-refractivity contribution in [2.24, 2.45) is 0 Å². The quantitative estimate of drug-likeness (QED) is 0.724. The van der Waals surface area contributed by atoms with E-state index in [9.17, 15) is 0 Å². The van der Waals surface area contributed by atoms with Gasteiger partial charge in [0.05, 0.1) is 12.1 Å². The van der Waals surface area contributed by atoms with Crippen LogP contribution in [-0.2, 0) is 0 Å². The standard InChI is InChI=1S/C17H17N/c1-13(15-9-5-3-6-10-15)18-14(2)17(18)16-11-7-4-8-12-16/h3-12,14,17H,1H2,2H3/t14-,17+,18?/m1/s1. The van der Waals surface area contributed by atoms with Gasteiger partial charge in [0.1, 0.15) is 0 Å². The smallest absolute Gasteiger partial charge is 0.0747 e. The fourth-order valence-corrected chi connectivity index (χ4v) is 2.63. The Balaban J connectivity index is 1.82. The molecule has 0 unspecified atom stereocenters. The van der Waals surface area contributed by atoms with E-state index in [2.05, 4.69) is 73.0 Å². The van der Waals surface area contributed by atoms with Gasteiger partial charge >= 0.3 is 0 Å². The highest BCUT2D eigenvalue weighted by molar-refractivity contribution is 5.65. The number of rotatable bonds is 3. The fraction of sp³-hybridized carbons (Fsp3) is 0.176. The zero-order valence-corrected chi connectivity index (χ0v) is 10.6. The first-order chi connectivity index (χ1) is 8.79. The Bertz CT molecular complexity index is 544. The molecule has 2 aromatic rings. The highest BCUT2D eigenvalue weighted by Gasteiger charge is 2.45. The summed E-state index contributed by atoms with van der Waals surface area (Å²) in [7, 11) is 0. The average Bonchev–Trinajstić information content (AvgIpc) is 3.11. The van der Waals surface area contributed by atoms with Gasteiger partial charge in [-0.2, -0.15) is 0 Å². The predicted molar refractivity (Wildman–Crippen MR) is 76.0 cm³/mol. The Kier molecular flexibility index (Phi) is 2.67. The van der Waals surface area contributed by atoms with E-state index < -0.39 is 0 Å². The normalized spacial score (nSPS) is 21.7. The minimum Gasteiger partial charge on any atom is -0.357 e. The molecule has 1 heterocycles. The third kappa shape index (κ3) is 1.82. The molecule has 0 spiro atoms. The van der Waals surface area contributed by atoms with Gasteiger partial charge in [-0.05, 0) is 18.1 Å². The number of benzene rings is 2. The van der Waals surface area contributed by atoms with Crippen molar-refractivity contribution in [3.63, 3.8) is 0 Å². The molecule has 0 aromatic heterocycles. The summed E-state index contributed by atoms with van der Waals surface area (Å²) < 4.78 is 0. The molecule has 18 heavy (non-hydrogen) atoms. The van der Waals surface area contributed by atoms with Crippen molar-refractivity contribution in [1.29, 1.82) is 0 Å². The van der Waals surface area contributed by atoms with Crippen LogP contribution in [0.25, 0.3) is 5.70 Å². The van der Waals surface area contributed by atoms with Crippen LogP contribution in [0.4, 0.5) is 0 Å². The first-order valence-electron chi connectivity index (χ1n) is 6.36. The molecule has 1 aliphatic rings. The summed E-state index contributed by atoms with van der Waals surface area (Å²) in [4.78, 5) is 2.38. The van der Waals surface area contributed by atoms with Crippen LogP contribution in [0.2, 0.25) is 0 Å². The van der Waals surface area contributed by atoms with E-state index in [1.807, 2.05) is 6.07 Å². The molecule has 0 N–H and O–H groups in total. The van der Waals surface area contributed by atoms with Gasteiger partial charge in [0.25, 0.3) is 0 Å². The van der Waals surface area contributed by atoms with Gasteiger partial charge in [-0.25, -0.2) is 0 Å². The molecule has 1 aliphatic heterocycles. The SMILES string of the molecule is C=C(c1ccccc1)N1[C@H](C)[C@H]1c1ccccc1. The van der Waals surface area contributed by atoms with Crippen LogP contribution >= 0.6 is 0 Å². The second kappa shape index (κ2) is 4.34. The molecule has 1 nitrogen and oxygen atoms in total. The lowest BCUT2D eigenvalue weighted by atomic mass is 10.1. The lowest BCUT2D eigenvalue weighted by Crippen LogP contribution is -1.98. The first kappa shape index (κ1) is 11.1. The van der Waals surface area contributed by atoms with Gasteiger partial charge in [0.15, 0.2) is 0 Å².